The highest BCUT2D eigenvalue weighted by Gasteiger charge is 2.34. The number of benzene rings is 3. The summed E-state index contributed by atoms with van der Waals surface area (Å²) in [4.78, 5) is 28.7. The molecule has 220 valence electrons. The predicted molar refractivity (Wildman–Crippen MR) is 160 cm³/mol. The first-order valence-corrected chi connectivity index (χ1v) is 14.7. The Kier molecular flexibility index (Phi) is 10.0. The van der Waals surface area contributed by atoms with Gasteiger partial charge in [0.25, 0.3) is 10.0 Å². The van der Waals surface area contributed by atoms with Crippen LogP contribution >= 0.6 is 0 Å². The number of ether oxygens (including phenoxy) is 2. The van der Waals surface area contributed by atoms with Crippen LogP contribution in [0.2, 0.25) is 0 Å². The molecule has 10 heteroatoms. The fraction of sp³-hybridized carbons (Fsp3) is 0.355. The molecule has 0 aromatic heterocycles. The summed E-state index contributed by atoms with van der Waals surface area (Å²) in [6.07, 6.45) is 0. The van der Waals surface area contributed by atoms with Gasteiger partial charge in [-0.3, -0.25) is 13.9 Å². The third-order valence-electron chi connectivity index (χ3n) is 6.55. The normalized spacial score (nSPS) is 12.3. The lowest BCUT2D eigenvalue weighted by atomic mass is 10.1. The van der Waals surface area contributed by atoms with Gasteiger partial charge in [0, 0.05) is 12.1 Å². The van der Waals surface area contributed by atoms with E-state index in [1.165, 1.54) is 31.3 Å². The Labute approximate surface area is 243 Å². The van der Waals surface area contributed by atoms with Crippen LogP contribution in [0.1, 0.15) is 38.8 Å². The van der Waals surface area contributed by atoms with Crippen LogP contribution in [0.4, 0.5) is 5.69 Å². The maximum Gasteiger partial charge on any atom is 0.264 e. The fourth-order valence-electron chi connectivity index (χ4n) is 4.25. The number of para-hydroxylation sites is 2. The third-order valence-corrected chi connectivity index (χ3v) is 8.32. The van der Waals surface area contributed by atoms with Crippen molar-refractivity contribution in [2.24, 2.45) is 0 Å². The van der Waals surface area contributed by atoms with Gasteiger partial charge in [-0.25, -0.2) is 8.42 Å². The van der Waals surface area contributed by atoms with E-state index in [0.29, 0.717) is 5.75 Å². The average Bonchev–Trinajstić information content (AvgIpc) is 2.94. The van der Waals surface area contributed by atoms with Gasteiger partial charge < -0.3 is 19.7 Å². The maximum atomic E-state index is 14.1. The molecule has 0 saturated carbocycles. The molecule has 0 spiro atoms. The molecular weight excluding hydrogens is 542 g/mol. The molecule has 0 bridgehead atoms. The zero-order valence-electron chi connectivity index (χ0n) is 24.7. The molecule has 3 aromatic carbocycles. The van der Waals surface area contributed by atoms with E-state index in [-0.39, 0.29) is 28.8 Å². The van der Waals surface area contributed by atoms with Crippen molar-refractivity contribution >= 4 is 27.5 Å². The van der Waals surface area contributed by atoms with Crippen molar-refractivity contribution in [1.82, 2.24) is 10.2 Å². The van der Waals surface area contributed by atoms with E-state index >= 15 is 0 Å². The molecule has 0 saturated heterocycles. The van der Waals surface area contributed by atoms with Crippen molar-refractivity contribution < 1.29 is 27.5 Å². The number of carbonyl (C=O) groups is 2. The van der Waals surface area contributed by atoms with Crippen LogP contribution in [-0.4, -0.2) is 57.5 Å². The van der Waals surface area contributed by atoms with Gasteiger partial charge in [0.1, 0.15) is 24.1 Å². The second-order valence-corrected chi connectivity index (χ2v) is 12.6. The summed E-state index contributed by atoms with van der Waals surface area (Å²) in [5.41, 5.74) is 1.46. The minimum Gasteiger partial charge on any atom is -0.497 e. The summed E-state index contributed by atoms with van der Waals surface area (Å²) in [6.45, 7) is 8.69. The first-order chi connectivity index (χ1) is 19.3. The van der Waals surface area contributed by atoms with E-state index in [9.17, 15) is 18.0 Å². The van der Waals surface area contributed by atoms with Crippen LogP contribution in [0.5, 0.6) is 11.5 Å². The number of hydrogen-bond acceptors (Lipinski definition) is 6. The van der Waals surface area contributed by atoms with Gasteiger partial charge in [-0.15, -0.1) is 0 Å². The van der Waals surface area contributed by atoms with Crippen molar-refractivity contribution in [2.45, 2.75) is 57.6 Å². The lowest BCUT2D eigenvalue weighted by Gasteiger charge is -2.34. The van der Waals surface area contributed by atoms with Crippen LogP contribution in [0.25, 0.3) is 0 Å². The Morgan fingerprint density at radius 2 is 1.51 bits per heavy atom. The molecule has 2 amide bonds. The summed E-state index contributed by atoms with van der Waals surface area (Å²) < 4.78 is 39.8. The van der Waals surface area contributed by atoms with Gasteiger partial charge in [0.2, 0.25) is 11.8 Å². The molecule has 9 nitrogen and oxygen atoms in total. The van der Waals surface area contributed by atoms with E-state index in [0.717, 1.165) is 15.4 Å². The Morgan fingerprint density at radius 3 is 2.10 bits per heavy atom. The molecule has 3 aromatic rings. The second kappa shape index (κ2) is 13.1. The second-order valence-electron chi connectivity index (χ2n) is 10.7. The number of hydrogen-bond donors (Lipinski definition) is 1. The Bertz CT molecular complexity index is 1470. The summed E-state index contributed by atoms with van der Waals surface area (Å²) in [5.74, 6) is -0.123. The summed E-state index contributed by atoms with van der Waals surface area (Å²) in [5, 5.41) is 2.93. The number of nitrogens with one attached hydrogen (secondary N) is 1. The van der Waals surface area contributed by atoms with Gasteiger partial charge in [-0.2, -0.15) is 0 Å². The molecule has 0 aliphatic heterocycles. The lowest BCUT2D eigenvalue weighted by molar-refractivity contribution is -0.140. The van der Waals surface area contributed by atoms with Crippen molar-refractivity contribution in [3.8, 4) is 11.5 Å². The van der Waals surface area contributed by atoms with Gasteiger partial charge in [0.05, 0.1) is 24.8 Å². The van der Waals surface area contributed by atoms with E-state index in [4.69, 9.17) is 9.47 Å². The number of methoxy groups -OCH3 is 2. The molecule has 0 heterocycles. The number of anilines is 1. The summed E-state index contributed by atoms with van der Waals surface area (Å²) >= 11 is 0. The first-order valence-electron chi connectivity index (χ1n) is 13.2. The molecule has 0 radical (unpaired) electrons. The molecular formula is C31H39N3O6S. The van der Waals surface area contributed by atoms with Crippen LogP contribution in [0.15, 0.2) is 77.7 Å². The van der Waals surface area contributed by atoms with E-state index in [1.54, 1.807) is 43.3 Å². The SMILES string of the molecule is COc1ccc(S(=O)(=O)N(CC(=O)N(Cc2ccccc2C)[C@H](C)C(=O)NC(C)(C)C)c2ccccc2OC)cc1. The minimum atomic E-state index is -4.25. The molecule has 0 aliphatic carbocycles. The smallest absolute Gasteiger partial charge is 0.264 e. The lowest BCUT2D eigenvalue weighted by Crippen LogP contribution is -2.54. The third kappa shape index (κ3) is 7.79. The van der Waals surface area contributed by atoms with Crippen molar-refractivity contribution in [3.05, 3.63) is 83.9 Å². The molecule has 1 N–H and O–H groups in total. The molecule has 41 heavy (non-hydrogen) atoms. The van der Waals surface area contributed by atoms with E-state index < -0.39 is 34.1 Å². The minimum absolute atomic E-state index is 0.0269. The highest BCUT2D eigenvalue weighted by Crippen LogP contribution is 2.33. The largest absolute Gasteiger partial charge is 0.497 e. The van der Waals surface area contributed by atoms with E-state index in [2.05, 4.69) is 5.32 Å². The van der Waals surface area contributed by atoms with Crippen molar-refractivity contribution in [3.63, 3.8) is 0 Å². The molecule has 0 aliphatic rings. The fourth-order valence-corrected chi connectivity index (χ4v) is 5.68. The Hall–Kier alpha value is -4.05. The van der Waals surface area contributed by atoms with E-state index in [1.807, 2.05) is 52.0 Å². The number of amides is 2. The zero-order valence-corrected chi connectivity index (χ0v) is 25.5. The summed E-state index contributed by atoms with van der Waals surface area (Å²) in [7, 11) is -1.32. The van der Waals surface area contributed by atoms with Gasteiger partial charge in [-0.05, 0) is 82.1 Å². The topological polar surface area (TPSA) is 105 Å². The van der Waals surface area contributed by atoms with Gasteiger partial charge in [0.15, 0.2) is 0 Å². The standard InChI is InChI=1S/C31H39N3O6S/c1-22-12-8-9-13-24(22)20-33(23(2)30(36)32-31(3,4)5)29(35)21-34(27-14-10-11-15-28(27)40-7)41(37,38)26-18-16-25(39-6)17-19-26/h8-19,23H,20-21H2,1-7H3,(H,32,36)/t23-/m1/s1. The average molecular weight is 582 g/mol. The quantitative estimate of drug-likeness (QED) is 0.357. The predicted octanol–water partition coefficient (Wildman–Crippen LogP) is 4.54. The van der Waals surface area contributed by atoms with Crippen LogP contribution in [-0.2, 0) is 26.2 Å². The highest BCUT2D eigenvalue weighted by atomic mass is 32.2. The number of rotatable bonds is 11. The van der Waals surface area contributed by atoms with Crippen LogP contribution < -0.4 is 19.1 Å². The first kappa shape index (κ1) is 31.5. The Balaban J connectivity index is 2.09. The van der Waals surface area contributed by atoms with Crippen molar-refractivity contribution in [2.75, 3.05) is 25.1 Å². The van der Waals surface area contributed by atoms with Crippen LogP contribution in [0, 0.1) is 6.92 Å². The van der Waals surface area contributed by atoms with Gasteiger partial charge in [-0.1, -0.05) is 36.4 Å². The molecule has 0 unspecified atom stereocenters. The van der Waals surface area contributed by atoms with Crippen molar-refractivity contribution in [1.29, 1.82) is 0 Å². The van der Waals surface area contributed by atoms with Crippen LogP contribution in [0.3, 0.4) is 0 Å². The molecule has 1 atom stereocenters. The summed E-state index contributed by atoms with van der Waals surface area (Å²) in [6, 6.07) is 19.2. The van der Waals surface area contributed by atoms with Gasteiger partial charge >= 0.3 is 0 Å². The number of aryl methyl sites for hydroxylation is 1. The molecule has 0 fully saturated rings. The monoisotopic (exact) mass is 581 g/mol. The molecule has 3 rings (SSSR count). The zero-order chi connectivity index (χ0) is 30.4. The number of nitrogens with zero attached hydrogens (tertiary/aromatic N) is 2. The number of carbonyl (C=O) groups excluding carboxylic acids is 2. The Morgan fingerprint density at radius 1 is 0.902 bits per heavy atom. The number of sulfonamides is 1. The maximum absolute atomic E-state index is 14.1. The highest BCUT2D eigenvalue weighted by molar-refractivity contribution is 7.92.